The van der Waals surface area contributed by atoms with Gasteiger partial charge in [-0.1, -0.05) is 56.0 Å². The minimum Gasteiger partial charge on any atom is -0.352 e. The van der Waals surface area contributed by atoms with Crippen molar-refractivity contribution in [2.75, 3.05) is 17.1 Å². The zero-order valence-corrected chi connectivity index (χ0v) is 24.2. The number of aryl methyl sites for hydroxylation is 1. The number of halogens is 1. The molecule has 7 nitrogen and oxygen atoms in total. The zero-order valence-electron chi connectivity index (χ0n) is 21.2. The normalized spacial score (nSPS) is 15.2. The van der Waals surface area contributed by atoms with E-state index in [1.807, 2.05) is 38.1 Å². The molecule has 1 fully saturated rings. The third kappa shape index (κ3) is 7.93. The molecule has 196 valence electrons. The first-order chi connectivity index (χ1) is 17.1. The molecule has 0 spiro atoms. The van der Waals surface area contributed by atoms with Crippen molar-refractivity contribution >= 4 is 50.1 Å². The largest absolute Gasteiger partial charge is 0.352 e. The summed E-state index contributed by atoms with van der Waals surface area (Å²) in [7, 11) is -3.73. The number of rotatable bonds is 10. The zero-order chi connectivity index (χ0) is 26.3. The van der Waals surface area contributed by atoms with Gasteiger partial charge in [0, 0.05) is 16.2 Å². The van der Waals surface area contributed by atoms with Crippen molar-refractivity contribution in [1.82, 2.24) is 10.2 Å². The summed E-state index contributed by atoms with van der Waals surface area (Å²) < 4.78 is 27.4. The molecular formula is C27H36IN3O4S. The SMILES string of the molecule is CC[C@H](C(=O)NC1CCCCC1)N(Cc1ccc(C)cc1)C(=O)CN(c1ccc(I)cc1)S(C)(=O)=O. The van der Waals surface area contributed by atoms with Crippen LogP contribution in [0.3, 0.4) is 0 Å². The number of anilines is 1. The number of benzene rings is 2. The highest BCUT2D eigenvalue weighted by atomic mass is 127. The summed E-state index contributed by atoms with van der Waals surface area (Å²) in [5.41, 5.74) is 2.40. The highest BCUT2D eigenvalue weighted by Crippen LogP contribution is 2.22. The van der Waals surface area contributed by atoms with Gasteiger partial charge < -0.3 is 10.2 Å². The molecule has 0 saturated heterocycles. The fourth-order valence-electron chi connectivity index (χ4n) is 4.58. The van der Waals surface area contributed by atoms with E-state index < -0.39 is 22.0 Å². The molecule has 1 aliphatic rings. The second-order valence-electron chi connectivity index (χ2n) is 9.52. The van der Waals surface area contributed by atoms with E-state index in [1.54, 1.807) is 24.3 Å². The topological polar surface area (TPSA) is 86.8 Å². The Labute approximate surface area is 228 Å². The summed E-state index contributed by atoms with van der Waals surface area (Å²) in [5.74, 6) is -0.588. The molecule has 0 heterocycles. The summed E-state index contributed by atoms with van der Waals surface area (Å²) in [5, 5.41) is 3.16. The number of carbonyl (C=O) groups excluding carboxylic acids is 2. The smallest absolute Gasteiger partial charge is 0.244 e. The molecule has 1 N–H and O–H groups in total. The molecule has 1 aliphatic carbocycles. The fourth-order valence-corrected chi connectivity index (χ4v) is 5.78. The van der Waals surface area contributed by atoms with Crippen LogP contribution in [0.25, 0.3) is 0 Å². The van der Waals surface area contributed by atoms with E-state index in [9.17, 15) is 18.0 Å². The summed E-state index contributed by atoms with van der Waals surface area (Å²) in [6, 6.07) is 14.2. The summed E-state index contributed by atoms with van der Waals surface area (Å²) in [6.45, 7) is 3.72. The van der Waals surface area contributed by atoms with Crippen molar-refractivity contribution in [2.45, 2.75) is 71.0 Å². The van der Waals surface area contributed by atoms with Gasteiger partial charge in [0.05, 0.1) is 11.9 Å². The summed E-state index contributed by atoms with van der Waals surface area (Å²) >= 11 is 2.15. The number of carbonyl (C=O) groups is 2. The molecule has 2 aromatic rings. The van der Waals surface area contributed by atoms with Crippen LogP contribution in [0.1, 0.15) is 56.6 Å². The lowest BCUT2D eigenvalue weighted by atomic mass is 9.95. The minimum absolute atomic E-state index is 0.121. The molecule has 2 aromatic carbocycles. The quantitative estimate of drug-likeness (QED) is 0.391. The van der Waals surface area contributed by atoms with Crippen molar-refractivity contribution in [2.24, 2.45) is 0 Å². The Hall–Kier alpha value is -2.14. The highest BCUT2D eigenvalue weighted by molar-refractivity contribution is 14.1. The Morgan fingerprint density at radius 3 is 2.19 bits per heavy atom. The van der Waals surface area contributed by atoms with E-state index in [0.29, 0.717) is 12.1 Å². The van der Waals surface area contributed by atoms with Gasteiger partial charge in [-0.15, -0.1) is 0 Å². The van der Waals surface area contributed by atoms with E-state index in [2.05, 4.69) is 27.9 Å². The molecule has 0 radical (unpaired) electrons. The fraction of sp³-hybridized carbons (Fsp3) is 0.481. The Morgan fingerprint density at radius 2 is 1.64 bits per heavy atom. The standard InChI is InChI=1S/C27H36IN3O4S/c1-4-25(27(33)29-23-8-6-5-7-9-23)30(18-21-12-10-20(2)11-13-21)26(32)19-31(36(3,34)35)24-16-14-22(28)15-17-24/h10-17,23,25H,4-9,18-19H2,1-3H3,(H,29,33)/t25-/m1/s1. The third-order valence-corrected chi connectivity index (χ3v) is 8.46. The number of hydrogen-bond donors (Lipinski definition) is 1. The van der Waals surface area contributed by atoms with Gasteiger partial charge in [-0.05, 0) is 78.6 Å². The number of amides is 2. The minimum atomic E-state index is -3.73. The van der Waals surface area contributed by atoms with Crippen molar-refractivity contribution in [3.05, 3.63) is 63.2 Å². The lowest BCUT2D eigenvalue weighted by Crippen LogP contribution is -2.53. The Bertz CT molecular complexity index is 1130. The first-order valence-electron chi connectivity index (χ1n) is 12.5. The van der Waals surface area contributed by atoms with Gasteiger partial charge in [0.25, 0.3) is 0 Å². The first kappa shape index (κ1) is 28.4. The summed E-state index contributed by atoms with van der Waals surface area (Å²) in [4.78, 5) is 28.7. The Balaban J connectivity index is 1.89. The van der Waals surface area contributed by atoms with Gasteiger partial charge in [-0.3, -0.25) is 13.9 Å². The molecular weight excluding hydrogens is 589 g/mol. The van der Waals surface area contributed by atoms with Crippen LogP contribution in [0.5, 0.6) is 0 Å². The molecule has 1 atom stereocenters. The van der Waals surface area contributed by atoms with E-state index in [-0.39, 0.29) is 25.0 Å². The second kappa shape index (κ2) is 12.9. The van der Waals surface area contributed by atoms with Crippen molar-refractivity contribution in [1.29, 1.82) is 0 Å². The maximum Gasteiger partial charge on any atom is 0.244 e. The average Bonchev–Trinajstić information content (AvgIpc) is 2.84. The van der Waals surface area contributed by atoms with Crippen molar-refractivity contribution in [3.63, 3.8) is 0 Å². The van der Waals surface area contributed by atoms with Crippen LogP contribution in [0.15, 0.2) is 48.5 Å². The van der Waals surface area contributed by atoms with Gasteiger partial charge in [-0.2, -0.15) is 0 Å². The number of nitrogens with zero attached hydrogens (tertiary/aromatic N) is 2. The second-order valence-corrected chi connectivity index (χ2v) is 12.7. The molecule has 1 saturated carbocycles. The van der Waals surface area contributed by atoms with Gasteiger partial charge in [0.1, 0.15) is 12.6 Å². The Kier molecular flexibility index (Phi) is 10.2. The third-order valence-electron chi connectivity index (χ3n) is 6.60. The predicted molar refractivity (Wildman–Crippen MR) is 152 cm³/mol. The van der Waals surface area contributed by atoms with Crippen LogP contribution in [0.4, 0.5) is 5.69 Å². The van der Waals surface area contributed by atoms with E-state index in [0.717, 1.165) is 50.9 Å². The predicted octanol–water partition coefficient (Wildman–Crippen LogP) is 4.62. The molecule has 0 unspecified atom stereocenters. The maximum atomic E-state index is 13.7. The van der Waals surface area contributed by atoms with Crippen molar-refractivity contribution in [3.8, 4) is 0 Å². The average molecular weight is 626 g/mol. The van der Waals surface area contributed by atoms with Crippen LogP contribution in [0, 0.1) is 10.5 Å². The maximum absolute atomic E-state index is 13.7. The first-order valence-corrected chi connectivity index (χ1v) is 15.4. The van der Waals surface area contributed by atoms with Crippen LogP contribution < -0.4 is 9.62 Å². The number of hydrogen-bond acceptors (Lipinski definition) is 4. The molecule has 36 heavy (non-hydrogen) atoms. The Morgan fingerprint density at radius 1 is 1.03 bits per heavy atom. The molecule has 3 rings (SSSR count). The monoisotopic (exact) mass is 625 g/mol. The molecule has 9 heteroatoms. The van der Waals surface area contributed by atoms with Crippen LogP contribution in [-0.4, -0.2) is 50.0 Å². The number of sulfonamides is 1. The van der Waals surface area contributed by atoms with Gasteiger partial charge in [-0.25, -0.2) is 8.42 Å². The van der Waals surface area contributed by atoms with Gasteiger partial charge in [0.15, 0.2) is 0 Å². The number of nitrogens with one attached hydrogen (secondary N) is 1. The van der Waals surface area contributed by atoms with E-state index in [1.165, 1.54) is 11.3 Å². The van der Waals surface area contributed by atoms with Crippen LogP contribution in [0.2, 0.25) is 0 Å². The molecule has 0 aliphatic heterocycles. The van der Waals surface area contributed by atoms with E-state index in [4.69, 9.17) is 0 Å². The van der Waals surface area contributed by atoms with E-state index >= 15 is 0 Å². The molecule has 2 amide bonds. The lowest BCUT2D eigenvalue weighted by molar-refractivity contribution is -0.140. The lowest BCUT2D eigenvalue weighted by Gasteiger charge is -2.34. The van der Waals surface area contributed by atoms with Gasteiger partial charge >= 0.3 is 0 Å². The van der Waals surface area contributed by atoms with Crippen LogP contribution in [-0.2, 0) is 26.2 Å². The molecule has 0 aromatic heterocycles. The molecule has 0 bridgehead atoms. The van der Waals surface area contributed by atoms with Gasteiger partial charge in [0.2, 0.25) is 21.8 Å². The van der Waals surface area contributed by atoms with Crippen LogP contribution >= 0.6 is 22.6 Å². The van der Waals surface area contributed by atoms with Crippen molar-refractivity contribution < 1.29 is 18.0 Å². The summed E-state index contributed by atoms with van der Waals surface area (Å²) in [6.07, 6.45) is 6.78. The highest BCUT2D eigenvalue weighted by Gasteiger charge is 2.32.